The van der Waals surface area contributed by atoms with E-state index >= 15 is 0 Å². The Labute approximate surface area is 335 Å². The topological polar surface area (TPSA) is 132 Å². The number of amides is 4. The number of imide groups is 2. The minimum absolute atomic E-state index is 0.0869. The van der Waals surface area contributed by atoms with Gasteiger partial charge in [-0.3, -0.25) is 24.1 Å². The van der Waals surface area contributed by atoms with E-state index in [9.17, 15) is 28.7 Å². The molecule has 3 fully saturated rings. The molecule has 0 unspecified atom stereocenters. The van der Waals surface area contributed by atoms with Crippen LogP contribution in [0.2, 0.25) is 5.02 Å². The molecule has 14 heteroatoms. The van der Waals surface area contributed by atoms with E-state index in [4.69, 9.17) is 16.3 Å². The molecule has 4 aromatic carbocycles. The van der Waals surface area contributed by atoms with Gasteiger partial charge in [0.05, 0.1) is 58.1 Å². The summed E-state index contributed by atoms with van der Waals surface area (Å²) in [5.74, 6) is -6.72. The molecule has 2 aliphatic carbocycles. The third kappa shape index (κ3) is 5.82. The van der Waals surface area contributed by atoms with Gasteiger partial charge in [-0.05, 0) is 105 Å². The first-order valence-corrected chi connectivity index (χ1v) is 19.2. The summed E-state index contributed by atoms with van der Waals surface area (Å²) < 4.78 is 20.3. The van der Waals surface area contributed by atoms with Crippen LogP contribution in [0.15, 0.2) is 105 Å². The lowest BCUT2D eigenvalue weighted by atomic mass is 9.51. The molecule has 8 rings (SSSR count). The average Bonchev–Trinajstić information content (AvgIpc) is 3.55. The van der Waals surface area contributed by atoms with Crippen molar-refractivity contribution in [3.8, 4) is 11.5 Å². The van der Waals surface area contributed by atoms with Gasteiger partial charge < -0.3 is 14.7 Å². The number of hydrogen-bond donors (Lipinski definition) is 1. The highest BCUT2D eigenvalue weighted by atomic mass is 79.9. The van der Waals surface area contributed by atoms with Crippen LogP contribution in [0, 0.1) is 34.9 Å². The number of aromatic hydroxyl groups is 1. The molecular weight excluding hydrogens is 805 g/mol. The molecule has 286 valence electrons. The first-order valence-electron chi connectivity index (χ1n) is 18.0. The normalized spacial score (nSPS) is 25.7. The maximum atomic E-state index is 14.7. The van der Waals surface area contributed by atoms with E-state index in [1.54, 1.807) is 43.3 Å². The van der Waals surface area contributed by atoms with Crippen LogP contribution in [0.1, 0.15) is 31.2 Å². The molecule has 4 aromatic rings. The van der Waals surface area contributed by atoms with Gasteiger partial charge in [0.1, 0.15) is 5.82 Å². The largest absolute Gasteiger partial charge is 0.504 e. The molecule has 6 atom stereocenters. The van der Waals surface area contributed by atoms with Crippen molar-refractivity contribution >= 4 is 79.6 Å². The summed E-state index contributed by atoms with van der Waals surface area (Å²) in [5.41, 5.74) is 2.25. The second-order valence-electron chi connectivity index (χ2n) is 14.9. The zero-order valence-electron chi connectivity index (χ0n) is 30.7. The van der Waals surface area contributed by atoms with Crippen molar-refractivity contribution in [1.82, 2.24) is 0 Å². The highest BCUT2D eigenvalue weighted by Crippen LogP contribution is 2.65. The number of allylic oxidation sites excluding steroid dienone is 2. The van der Waals surface area contributed by atoms with Crippen molar-refractivity contribution in [2.24, 2.45) is 39.3 Å². The molecule has 0 radical (unpaired) electrons. The quantitative estimate of drug-likeness (QED) is 0.112. The van der Waals surface area contributed by atoms with Crippen molar-refractivity contribution in [1.29, 1.82) is 0 Å². The summed E-state index contributed by atoms with van der Waals surface area (Å²) in [4.78, 5) is 62.1. The van der Waals surface area contributed by atoms with E-state index in [1.807, 2.05) is 49.3 Å². The SMILES string of the molecule is COc1cc(Br)cc([C@H]2C3=CC[C@@H]4C(=O)N(c5ccc(N=Nc6ccc(N(C)C)cc6)cc5)C(=O)[C@@H]4[C@@H]3C[C@H]3C(=O)N(c4ccc(F)c(Cl)c4)C(=O)[C@@]23C)c1O. The number of ether oxygens (including phenoxy) is 1. The van der Waals surface area contributed by atoms with Crippen molar-refractivity contribution < 1.29 is 33.4 Å². The standard InChI is InChI=1S/C42H36BrClFN5O6/c1-42-31(39(53)50(41(42)55)26-13-16-33(45)32(44)19-26)20-29-27(36(42)30-17-21(43)18-34(56-4)37(30)51)14-15-28-35(29)40(54)49(38(28)52)25-11-7-23(8-12-25)47-46-22-5-9-24(10-6-22)48(2)3/h5-14,16-19,28-29,31,35-36,51H,15,20H2,1-4H3/t28-,29+,31-,35-,36+,42+/m0/s1. The highest BCUT2D eigenvalue weighted by Gasteiger charge is 2.68. The van der Waals surface area contributed by atoms with Gasteiger partial charge in [0, 0.05) is 35.7 Å². The second kappa shape index (κ2) is 14.0. The van der Waals surface area contributed by atoms with Crippen LogP contribution in [0.5, 0.6) is 11.5 Å². The van der Waals surface area contributed by atoms with Gasteiger partial charge >= 0.3 is 0 Å². The van der Waals surface area contributed by atoms with Gasteiger partial charge in [-0.1, -0.05) is 39.2 Å². The zero-order chi connectivity index (χ0) is 39.8. The Balaban J connectivity index is 1.16. The number of methoxy groups -OCH3 is 1. The number of carbonyl (C=O) groups is 4. The molecule has 0 bridgehead atoms. The minimum Gasteiger partial charge on any atom is -0.504 e. The van der Waals surface area contributed by atoms with Crippen LogP contribution in [-0.2, 0) is 19.2 Å². The number of rotatable bonds is 7. The third-order valence-corrected chi connectivity index (χ3v) is 12.5. The van der Waals surface area contributed by atoms with Crippen LogP contribution in [-0.4, -0.2) is 49.9 Å². The fourth-order valence-corrected chi connectivity index (χ4v) is 9.68. The second-order valence-corrected chi connectivity index (χ2v) is 16.3. The lowest BCUT2D eigenvalue weighted by molar-refractivity contribution is -0.131. The summed E-state index contributed by atoms with van der Waals surface area (Å²) in [5, 5.41) is 20.0. The molecule has 11 nitrogen and oxygen atoms in total. The van der Waals surface area contributed by atoms with Gasteiger partial charge in [0.25, 0.3) is 0 Å². The summed E-state index contributed by atoms with van der Waals surface area (Å²) in [6, 6.07) is 21.2. The molecule has 0 aromatic heterocycles. The van der Waals surface area contributed by atoms with Crippen LogP contribution < -0.4 is 19.4 Å². The highest BCUT2D eigenvalue weighted by molar-refractivity contribution is 9.10. The average molecular weight is 841 g/mol. The number of benzene rings is 4. The fourth-order valence-electron chi connectivity index (χ4n) is 9.06. The first kappa shape index (κ1) is 37.5. The first-order chi connectivity index (χ1) is 26.7. The molecule has 1 saturated carbocycles. The molecular formula is C42H36BrClFN5O6. The van der Waals surface area contributed by atoms with E-state index in [2.05, 4.69) is 26.2 Å². The molecule has 1 N–H and O–H groups in total. The third-order valence-electron chi connectivity index (χ3n) is 11.8. The molecule has 4 aliphatic rings. The van der Waals surface area contributed by atoms with Crippen molar-refractivity contribution in [2.75, 3.05) is 35.9 Å². The van der Waals surface area contributed by atoms with Gasteiger partial charge in [-0.15, -0.1) is 0 Å². The van der Waals surface area contributed by atoms with Crippen LogP contribution in [0.3, 0.4) is 0 Å². The number of fused-ring (bicyclic) bond motifs is 4. The summed E-state index contributed by atoms with van der Waals surface area (Å²) in [6.45, 7) is 1.69. The van der Waals surface area contributed by atoms with Crippen molar-refractivity contribution in [3.05, 3.63) is 111 Å². The smallest absolute Gasteiger partial charge is 0.241 e. The van der Waals surface area contributed by atoms with Crippen LogP contribution >= 0.6 is 27.5 Å². The van der Waals surface area contributed by atoms with E-state index in [1.165, 1.54) is 24.1 Å². The molecule has 2 aliphatic heterocycles. The minimum atomic E-state index is -1.46. The predicted molar refractivity (Wildman–Crippen MR) is 212 cm³/mol. The van der Waals surface area contributed by atoms with Crippen LogP contribution in [0.25, 0.3) is 0 Å². The number of phenolic OH excluding ortho intramolecular Hbond substituents is 1. The van der Waals surface area contributed by atoms with E-state index in [0.717, 1.165) is 16.7 Å². The number of phenols is 1. The molecule has 4 amide bonds. The number of nitrogens with zero attached hydrogens (tertiary/aromatic N) is 5. The van der Waals surface area contributed by atoms with Gasteiger partial charge in [0.15, 0.2) is 11.5 Å². The number of anilines is 3. The van der Waals surface area contributed by atoms with Crippen molar-refractivity contribution in [3.63, 3.8) is 0 Å². The Kier molecular flexibility index (Phi) is 9.36. The lowest BCUT2D eigenvalue weighted by Gasteiger charge is -2.49. The molecule has 56 heavy (non-hydrogen) atoms. The maximum absolute atomic E-state index is 14.7. The monoisotopic (exact) mass is 839 g/mol. The molecule has 2 saturated heterocycles. The fraction of sp³-hybridized carbons (Fsp3) is 0.286. The Morgan fingerprint density at radius 1 is 0.875 bits per heavy atom. The Hall–Kier alpha value is -5.40. The molecule has 0 spiro atoms. The van der Waals surface area contributed by atoms with Gasteiger partial charge in [-0.2, -0.15) is 10.2 Å². The summed E-state index contributed by atoms with van der Waals surface area (Å²) in [7, 11) is 5.31. The van der Waals surface area contributed by atoms with Gasteiger partial charge in [0.2, 0.25) is 23.6 Å². The molecule has 2 heterocycles. The summed E-state index contributed by atoms with van der Waals surface area (Å²) >= 11 is 9.63. The number of halogens is 3. The number of carbonyl (C=O) groups excluding carboxylic acids is 4. The Morgan fingerprint density at radius 3 is 2.14 bits per heavy atom. The van der Waals surface area contributed by atoms with Crippen molar-refractivity contribution in [2.45, 2.75) is 25.7 Å². The Morgan fingerprint density at radius 2 is 1.52 bits per heavy atom. The summed E-state index contributed by atoms with van der Waals surface area (Å²) in [6.07, 6.45) is 2.19. The number of hydrogen-bond acceptors (Lipinski definition) is 9. The lowest BCUT2D eigenvalue weighted by Crippen LogP contribution is -2.49. The zero-order valence-corrected chi connectivity index (χ0v) is 33.1. The Bertz CT molecular complexity index is 2390. The van der Waals surface area contributed by atoms with E-state index < -0.39 is 58.5 Å². The number of azo groups is 1. The predicted octanol–water partition coefficient (Wildman–Crippen LogP) is 8.87. The maximum Gasteiger partial charge on any atom is 0.241 e. The van der Waals surface area contributed by atoms with E-state index in [-0.39, 0.29) is 41.0 Å². The van der Waals surface area contributed by atoms with Crippen LogP contribution in [0.4, 0.5) is 32.8 Å². The van der Waals surface area contributed by atoms with Gasteiger partial charge in [-0.25, -0.2) is 9.29 Å². The van der Waals surface area contributed by atoms with E-state index in [0.29, 0.717) is 32.7 Å².